The lowest BCUT2D eigenvalue weighted by atomic mass is 10.1. The summed E-state index contributed by atoms with van der Waals surface area (Å²) in [6.07, 6.45) is 0.499. The number of aromatic amines is 1. The summed E-state index contributed by atoms with van der Waals surface area (Å²) in [5.74, 6) is -1.02. The predicted molar refractivity (Wildman–Crippen MR) is 156 cm³/mol. The van der Waals surface area contributed by atoms with Gasteiger partial charge in [0.15, 0.2) is 5.82 Å². The van der Waals surface area contributed by atoms with Crippen LogP contribution < -0.4 is 20.7 Å². The third kappa shape index (κ3) is 8.15. The van der Waals surface area contributed by atoms with Crippen LogP contribution in [0.3, 0.4) is 0 Å². The van der Waals surface area contributed by atoms with E-state index in [0.29, 0.717) is 43.2 Å². The van der Waals surface area contributed by atoms with Crippen LogP contribution in [0.25, 0.3) is 0 Å². The zero-order valence-corrected chi connectivity index (χ0v) is 24.0. The Morgan fingerprint density at radius 1 is 0.950 bits per heavy atom. The van der Waals surface area contributed by atoms with Crippen molar-refractivity contribution in [1.82, 2.24) is 9.97 Å². The van der Waals surface area contributed by atoms with Gasteiger partial charge in [0.05, 0.1) is 19.9 Å². The molecule has 0 atom stereocenters. The average Bonchev–Trinajstić information content (AvgIpc) is 3.26. The minimum absolute atomic E-state index is 0. The van der Waals surface area contributed by atoms with E-state index in [1.807, 2.05) is 46.2 Å². The summed E-state index contributed by atoms with van der Waals surface area (Å²) in [5, 5.41) is 2.68. The Bertz CT molecular complexity index is 1350. The first-order chi connectivity index (χ1) is 18.8. The van der Waals surface area contributed by atoms with Crippen LogP contribution in [-0.4, -0.2) is 54.2 Å². The Balaban J connectivity index is 0.00000441. The number of aromatic nitrogens is 2. The number of rotatable bonds is 11. The van der Waals surface area contributed by atoms with Gasteiger partial charge >= 0.3 is 11.9 Å². The van der Waals surface area contributed by atoms with Gasteiger partial charge < -0.3 is 19.3 Å². The number of fused-ring (bicyclic) bond motifs is 1. The van der Waals surface area contributed by atoms with E-state index in [9.17, 15) is 19.2 Å². The molecule has 0 aliphatic carbocycles. The van der Waals surface area contributed by atoms with Crippen molar-refractivity contribution in [2.45, 2.75) is 26.8 Å². The first kappa shape index (κ1) is 30.4. The molecule has 0 spiro atoms. The van der Waals surface area contributed by atoms with Gasteiger partial charge in [0.25, 0.3) is 11.5 Å². The summed E-state index contributed by atoms with van der Waals surface area (Å²) in [4.78, 5) is 59.8. The number of ether oxygens (including phenoxy) is 2. The SMILES string of the molecule is Br.CC(=O)OCC(CCN1CN(Cc2ccccc2)c2c1nc(NC(=O)c1ccccc1)[nH]c2=O)COC(C)=O. The quantitative estimate of drug-likeness (QED) is 0.311. The largest absolute Gasteiger partial charge is 0.465 e. The molecule has 1 aliphatic rings. The maximum absolute atomic E-state index is 13.3. The predicted octanol–water partition coefficient (Wildman–Crippen LogP) is 3.52. The standard InChI is InChI=1S/C28H31N5O6.BrH/c1-19(34)38-16-22(17-39-20(2)35)13-14-32-18-33(15-21-9-5-3-6-10-21)24-25(32)29-28(31-27(24)37)30-26(36)23-11-7-4-8-12-23;/h3-12,22H,13-18H2,1-2H3,(H2,29,30,31,36,37);1H. The molecule has 11 nitrogen and oxygen atoms in total. The second-order valence-corrected chi connectivity index (χ2v) is 9.26. The van der Waals surface area contributed by atoms with E-state index in [2.05, 4.69) is 15.3 Å². The number of amides is 1. The molecular weight excluding hydrogens is 582 g/mol. The zero-order valence-electron chi connectivity index (χ0n) is 22.3. The average molecular weight is 614 g/mol. The highest BCUT2D eigenvalue weighted by Gasteiger charge is 2.32. The smallest absolute Gasteiger partial charge is 0.302 e. The number of nitrogens with zero attached hydrogens (tertiary/aromatic N) is 3. The van der Waals surface area contributed by atoms with Gasteiger partial charge in [-0.05, 0) is 24.1 Å². The van der Waals surface area contributed by atoms with Gasteiger partial charge in [0, 0.05) is 38.4 Å². The first-order valence-electron chi connectivity index (χ1n) is 12.6. The van der Waals surface area contributed by atoms with Crippen LogP contribution >= 0.6 is 17.0 Å². The Kier molecular flexibility index (Phi) is 10.8. The molecule has 1 amide bonds. The molecule has 3 aromatic rings. The van der Waals surface area contributed by atoms with Gasteiger partial charge in [-0.25, -0.2) is 0 Å². The van der Waals surface area contributed by atoms with Gasteiger partial charge in [0.1, 0.15) is 5.69 Å². The lowest BCUT2D eigenvalue weighted by Crippen LogP contribution is -2.34. The van der Waals surface area contributed by atoms with Gasteiger partial charge in [-0.3, -0.25) is 29.5 Å². The van der Waals surface area contributed by atoms with Crippen LogP contribution in [0.1, 0.15) is 36.2 Å². The summed E-state index contributed by atoms with van der Waals surface area (Å²) in [5.41, 5.74) is 1.47. The minimum Gasteiger partial charge on any atom is -0.465 e. The maximum atomic E-state index is 13.3. The second kappa shape index (κ2) is 14.3. The number of hydrogen-bond acceptors (Lipinski definition) is 9. The summed E-state index contributed by atoms with van der Waals surface area (Å²) in [7, 11) is 0. The zero-order chi connectivity index (χ0) is 27.8. The van der Waals surface area contributed by atoms with E-state index >= 15 is 0 Å². The maximum Gasteiger partial charge on any atom is 0.302 e. The molecule has 212 valence electrons. The summed E-state index contributed by atoms with van der Waals surface area (Å²) < 4.78 is 10.3. The number of nitrogens with one attached hydrogen (secondary N) is 2. The molecule has 1 aromatic heterocycles. The number of carbonyl (C=O) groups excluding carboxylic acids is 3. The van der Waals surface area contributed by atoms with Crippen molar-refractivity contribution in [2.24, 2.45) is 5.92 Å². The Morgan fingerprint density at radius 3 is 2.15 bits per heavy atom. The van der Waals surface area contributed by atoms with Crippen molar-refractivity contribution >= 4 is 52.3 Å². The van der Waals surface area contributed by atoms with E-state index in [-0.39, 0.29) is 47.6 Å². The number of benzene rings is 2. The van der Waals surface area contributed by atoms with Crippen LogP contribution in [0.4, 0.5) is 17.5 Å². The topological polar surface area (TPSA) is 134 Å². The molecule has 0 saturated carbocycles. The molecule has 0 fully saturated rings. The molecule has 2 N–H and O–H groups in total. The van der Waals surface area contributed by atoms with E-state index in [0.717, 1.165) is 5.56 Å². The number of halogens is 1. The van der Waals surface area contributed by atoms with Crippen molar-refractivity contribution in [3.8, 4) is 0 Å². The molecule has 0 bridgehead atoms. The van der Waals surface area contributed by atoms with Crippen molar-refractivity contribution in [1.29, 1.82) is 0 Å². The van der Waals surface area contributed by atoms with Gasteiger partial charge in [-0.15, -0.1) is 17.0 Å². The molecule has 1 aliphatic heterocycles. The number of carbonyl (C=O) groups is 3. The molecule has 2 aromatic carbocycles. The van der Waals surface area contributed by atoms with Gasteiger partial charge in [0.2, 0.25) is 5.95 Å². The normalized spacial score (nSPS) is 12.0. The van der Waals surface area contributed by atoms with E-state index in [4.69, 9.17) is 9.47 Å². The molecule has 0 unspecified atom stereocenters. The van der Waals surface area contributed by atoms with Crippen molar-refractivity contribution in [2.75, 3.05) is 41.5 Å². The van der Waals surface area contributed by atoms with Gasteiger partial charge in [-0.1, -0.05) is 48.5 Å². The van der Waals surface area contributed by atoms with Crippen LogP contribution in [0.15, 0.2) is 65.5 Å². The summed E-state index contributed by atoms with van der Waals surface area (Å²) in [6, 6.07) is 18.4. The molecule has 0 saturated heterocycles. The highest BCUT2D eigenvalue weighted by molar-refractivity contribution is 8.93. The van der Waals surface area contributed by atoms with Crippen molar-refractivity contribution in [3.63, 3.8) is 0 Å². The Hall–Kier alpha value is -4.19. The second-order valence-electron chi connectivity index (χ2n) is 9.26. The number of H-pyrrole nitrogens is 1. The highest BCUT2D eigenvalue weighted by atomic mass is 79.9. The molecule has 12 heteroatoms. The van der Waals surface area contributed by atoms with Crippen LogP contribution in [0, 0.1) is 5.92 Å². The van der Waals surface area contributed by atoms with Crippen molar-refractivity contribution < 1.29 is 23.9 Å². The summed E-state index contributed by atoms with van der Waals surface area (Å²) >= 11 is 0. The minimum atomic E-state index is -0.421. The first-order valence-corrected chi connectivity index (χ1v) is 12.6. The molecular formula is C28H32BrN5O6. The number of anilines is 3. The van der Waals surface area contributed by atoms with E-state index in [1.165, 1.54) is 13.8 Å². The molecule has 2 heterocycles. The molecule has 40 heavy (non-hydrogen) atoms. The van der Waals surface area contributed by atoms with E-state index < -0.39 is 17.8 Å². The van der Waals surface area contributed by atoms with Crippen LogP contribution in [0.2, 0.25) is 0 Å². The fraction of sp³-hybridized carbons (Fsp3) is 0.321. The highest BCUT2D eigenvalue weighted by Crippen LogP contribution is 2.33. The third-order valence-electron chi connectivity index (χ3n) is 6.17. The van der Waals surface area contributed by atoms with Crippen molar-refractivity contribution in [3.05, 3.63) is 82.1 Å². The Morgan fingerprint density at radius 2 is 1.55 bits per heavy atom. The lowest BCUT2D eigenvalue weighted by molar-refractivity contribution is -0.146. The Labute approximate surface area is 242 Å². The van der Waals surface area contributed by atoms with Crippen LogP contribution in [-0.2, 0) is 25.6 Å². The molecule has 0 radical (unpaired) electrons. The lowest BCUT2D eigenvalue weighted by Gasteiger charge is -2.23. The fourth-order valence-corrected chi connectivity index (χ4v) is 4.27. The van der Waals surface area contributed by atoms with E-state index in [1.54, 1.807) is 24.3 Å². The summed E-state index contributed by atoms with van der Waals surface area (Å²) in [6.45, 7) is 4.13. The number of hydrogen-bond donors (Lipinski definition) is 2. The molecule has 4 rings (SSSR count). The fourth-order valence-electron chi connectivity index (χ4n) is 4.27. The van der Waals surface area contributed by atoms with Crippen LogP contribution in [0.5, 0.6) is 0 Å². The monoisotopic (exact) mass is 613 g/mol. The van der Waals surface area contributed by atoms with Gasteiger partial charge in [-0.2, -0.15) is 4.98 Å². The third-order valence-corrected chi connectivity index (χ3v) is 6.17. The number of esters is 2.